The quantitative estimate of drug-likeness (QED) is 0.792. The van der Waals surface area contributed by atoms with Crippen LogP contribution in [-0.4, -0.2) is 16.1 Å². The molecule has 1 N–H and O–H groups in total. The van der Waals surface area contributed by atoms with E-state index in [1.807, 2.05) is 18.7 Å². The summed E-state index contributed by atoms with van der Waals surface area (Å²) in [5.41, 5.74) is 5.47. The second-order valence-electron chi connectivity index (χ2n) is 5.36. The highest BCUT2D eigenvalue weighted by Gasteiger charge is 2.27. The molecule has 1 aliphatic carbocycles. The molecule has 4 rings (SSSR count). The smallest absolute Gasteiger partial charge is 0.0946 e. The summed E-state index contributed by atoms with van der Waals surface area (Å²) >= 11 is 0. The number of nitrogens with zero attached hydrogens (tertiary/aromatic N) is 2. The minimum absolute atomic E-state index is 0.293. The third kappa shape index (κ3) is 2.16. The van der Waals surface area contributed by atoms with Crippen LogP contribution in [0.4, 0.5) is 0 Å². The first-order valence-electron chi connectivity index (χ1n) is 7.31. The molecule has 1 heterocycles. The molecule has 0 bridgehead atoms. The number of imidazole rings is 1. The third-order valence-electron chi connectivity index (χ3n) is 4.11. The zero-order chi connectivity index (χ0) is 14.1. The molecule has 0 spiro atoms. The summed E-state index contributed by atoms with van der Waals surface area (Å²) < 4.78 is 2.10. The summed E-state index contributed by atoms with van der Waals surface area (Å²) in [5, 5.41) is 3.68. The maximum absolute atomic E-state index is 4.08. The van der Waals surface area contributed by atoms with Crippen LogP contribution in [0, 0.1) is 0 Å². The molecule has 0 fully saturated rings. The Kier molecular flexibility index (Phi) is 3.05. The molecule has 2 aromatic carbocycles. The Balaban J connectivity index is 1.59. The van der Waals surface area contributed by atoms with Crippen molar-refractivity contribution in [3.05, 3.63) is 78.4 Å². The van der Waals surface area contributed by atoms with Crippen molar-refractivity contribution in [2.24, 2.45) is 0 Å². The zero-order valence-electron chi connectivity index (χ0n) is 11.7. The molecular formula is C18H17N3. The topological polar surface area (TPSA) is 29.9 Å². The number of fused-ring (bicyclic) bond motifs is 3. The fourth-order valence-corrected chi connectivity index (χ4v) is 3.13. The van der Waals surface area contributed by atoms with E-state index in [4.69, 9.17) is 0 Å². The lowest BCUT2D eigenvalue weighted by Gasteiger charge is -2.16. The molecule has 0 saturated heterocycles. The second-order valence-corrected chi connectivity index (χ2v) is 5.36. The van der Waals surface area contributed by atoms with Gasteiger partial charge in [0, 0.05) is 25.5 Å². The molecule has 1 aliphatic rings. The van der Waals surface area contributed by atoms with Crippen molar-refractivity contribution in [1.29, 1.82) is 0 Å². The van der Waals surface area contributed by atoms with Gasteiger partial charge < -0.3 is 9.88 Å². The Morgan fingerprint density at radius 1 is 0.952 bits per heavy atom. The van der Waals surface area contributed by atoms with E-state index in [9.17, 15) is 0 Å². The van der Waals surface area contributed by atoms with Gasteiger partial charge >= 0.3 is 0 Å². The second kappa shape index (κ2) is 5.19. The summed E-state index contributed by atoms with van der Waals surface area (Å²) in [4.78, 5) is 4.08. The number of rotatable bonds is 4. The van der Waals surface area contributed by atoms with Crippen LogP contribution in [0.1, 0.15) is 17.2 Å². The van der Waals surface area contributed by atoms with Gasteiger partial charge in [0.2, 0.25) is 0 Å². The summed E-state index contributed by atoms with van der Waals surface area (Å²) in [5.74, 6) is 0. The van der Waals surface area contributed by atoms with E-state index in [0.717, 1.165) is 13.1 Å². The molecule has 0 unspecified atom stereocenters. The van der Waals surface area contributed by atoms with Crippen molar-refractivity contribution >= 4 is 0 Å². The van der Waals surface area contributed by atoms with Crippen molar-refractivity contribution in [2.45, 2.75) is 12.6 Å². The van der Waals surface area contributed by atoms with E-state index in [1.54, 1.807) is 0 Å². The normalized spacial score (nSPS) is 13.1. The molecule has 0 atom stereocenters. The van der Waals surface area contributed by atoms with E-state index in [0.29, 0.717) is 6.04 Å². The molecular weight excluding hydrogens is 258 g/mol. The zero-order valence-corrected chi connectivity index (χ0v) is 11.7. The lowest BCUT2D eigenvalue weighted by atomic mass is 10.1. The first-order chi connectivity index (χ1) is 10.4. The average Bonchev–Trinajstić information content (AvgIpc) is 3.15. The van der Waals surface area contributed by atoms with Crippen LogP contribution in [0.2, 0.25) is 0 Å². The fourth-order valence-electron chi connectivity index (χ4n) is 3.13. The Labute approximate surface area is 124 Å². The van der Waals surface area contributed by atoms with E-state index in [2.05, 4.69) is 63.4 Å². The van der Waals surface area contributed by atoms with E-state index >= 15 is 0 Å². The molecule has 1 aromatic heterocycles. The fraction of sp³-hybridized carbons (Fsp3) is 0.167. The molecule has 104 valence electrons. The van der Waals surface area contributed by atoms with Crippen LogP contribution < -0.4 is 5.32 Å². The third-order valence-corrected chi connectivity index (χ3v) is 4.11. The van der Waals surface area contributed by atoms with Crippen LogP contribution >= 0.6 is 0 Å². The number of aromatic nitrogens is 2. The van der Waals surface area contributed by atoms with Crippen molar-refractivity contribution in [3.63, 3.8) is 0 Å². The van der Waals surface area contributed by atoms with E-state index in [-0.39, 0.29) is 0 Å². The Bertz CT molecular complexity index is 701. The van der Waals surface area contributed by atoms with Crippen molar-refractivity contribution in [3.8, 4) is 11.1 Å². The van der Waals surface area contributed by atoms with Crippen molar-refractivity contribution in [2.75, 3.05) is 6.54 Å². The summed E-state index contributed by atoms with van der Waals surface area (Å²) in [6.07, 6.45) is 5.68. The minimum Gasteiger partial charge on any atom is -0.336 e. The highest BCUT2D eigenvalue weighted by molar-refractivity contribution is 5.78. The number of benzene rings is 2. The van der Waals surface area contributed by atoms with E-state index in [1.165, 1.54) is 22.3 Å². The summed E-state index contributed by atoms with van der Waals surface area (Å²) in [6, 6.07) is 17.6. The predicted molar refractivity (Wildman–Crippen MR) is 84.0 cm³/mol. The van der Waals surface area contributed by atoms with Gasteiger partial charge in [-0.2, -0.15) is 0 Å². The Morgan fingerprint density at radius 3 is 2.24 bits per heavy atom. The summed E-state index contributed by atoms with van der Waals surface area (Å²) in [6.45, 7) is 1.85. The van der Waals surface area contributed by atoms with Gasteiger partial charge in [0.25, 0.3) is 0 Å². The first kappa shape index (κ1) is 12.4. The van der Waals surface area contributed by atoms with Crippen molar-refractivity contribution in [1.82, 2.24) is 14.9 Å². The van der Waals surface area contributed by atoms with Gasteiger partial charge in [-0.3, -0.25) is 0 Å². The highest BCUT2D eigenvalue weighted by atomic mass is 15.0. The molecule has 3 aromatic rings. The molecule has 3 heteroatoms. The monoisotopic (exact) mass is 275 g/mol. The Hall–Kier alpha value is -2.39. The van der Waals surface area contributed by atoms with Crippen LogP contribution in [-0.2, 0) is 6.54 Å². The van der Waals surface area contributed by atoms with E-state index < -0.39 is 0 Å². The maximum atomic E-state index is 4.08. The minimum atomic E-state index is 0.293. The lowest BCUT2D eigenvalue weighted by molar-refractivity contribution is 0.556. The molecule has 3 nitrogen and oxygen atoms in total. The van der Waals surface area contributed by atoms with Gasteiger partial charge in [-0.25, -0.2) is 4.98 Å². The maximum Gasteiger partial charge on any atom is 0.0946 e. The molecule has 21 heavy (non-hydrogen) atoms. The standard InChI is InChI=1S/C18H17N3/c1-3-7-16-14(5-1)15-6-2-4-8-17(15)18(16)20-10-12-21-11-9-19-13-21/h1-9,11,13,18,20H,10,12H2. The first-order valence-corrected chi connectivity index (χ1v) is 7.31. The van der Waals surface area contributed by atoms with Crippen LogP contribution in [0.3, 0.4) is 0 Å². The molecule has 0 radical (unpaired) electrons. The molecule has 0 aliphatic heterocycles. The largest absolute Gasteiger partial charge is 0.336 e. The SMILES string of the molecule is c1ccc2c(c1)-c1ccccc1C2NCCn1ccnc1. The van der Waals surface area contributed by atoms with Crippen LogP contribution in [0.5, 0.6) is 0 Å². The number of hydrogen-bond donors (Lipinski definition) is 1. The molecule has 0 amide bonds. The predicted octanol–water partition coefficient (Wildman–Crippen LogP) is 3.24. The molecule has 0 saturated carbocycles. The van der Waals surface area contributed by atoms with Gasteiger partial charge in [-0.05, 0) is 22.3 Å². The van der Waals surface area contributed by atoms with Gasteiger partial charge in [0.05, 0.1) is 12.4 Å². The number of nitrogens with one attached hydrogen (secondary N) is 1. The lowest BCUT2D eigenvalue weighted by Crippen LogP contribution is -2.24. The van der Waals surface area contributed by atoms with Crippen LogP contribution in [0.15, 0.2) is 67.3 Å². The van der Waals surface area contributed by atoms with Gasteiger partial charge in [-0.15, -0.1) is 0 Å². The highest BCUT2D eigenvalue weighted by Crippen LogP contribution is 2.42. The Morgan fingerprint density at radius 2 is 1.62 bits per heavy atom. The average molecular weight is 275 g/mol. The number of hydrogen-bond acceptors (Lipinski definition) is 2. The van der Waals surface area contributed by atoms with Gasteiger partial charge in [0.15, 0.2) is 0 Å². The van der Waals surface area contributed by atoms with Gasteiger partial charge in [0.1, 0.15) is 0 Å². The van der Waals surface area contributed by atoms with Gasteiger partial charge in [-0.1, -0.05) is 48.5 Å². The van der Waals surface area contributed by atoms with Crippen LogP contribution in [0.25, 0.3) is 11.1 Å². The summed E-state index contributed by atoms with van der Waals surface area (Å²) in [7, 11) is 0. The van der Waals surface area contributed by atoms with Crippen molar-refractivity contribution < 1.29 is 0 Å².